The predicted molar refractivity (Wildman–Crippen MR) is 111 cm³/mol. The molecule has 3 rings (SSSR count). The molecule has 7 heteroatoms. The summed E-state index contributed by atoms with van der Waals surface area (Å²) in [7, 11) is 3.16. The van der Waals surface area contributed by atoms with E-state index in [1.165, 1.54) is 0 Å². The van der Waals surface area contributed by atoms with E-state index in [0.717, 1.165) is 37.2 Å². The zero-order valence-corrected chi connectivity index (χ0v) is 16.7. The van der Waals surface area contributed by atoms with E-state index in [2.05, 4.69) is 22.0 Å². The summed E-state index contributed by atoms with van der Waals surface area (Å²) in [6, 6.07) is 13.1. The molecule has 3 N–H and O–H groups in total. The Bertz CT molecular complexity index is 901. The number of nitrogens with one attached hydrogen (secondary N) is 3. The van der Waals surface area contributed by atoms with Crippen LogP contribution in [0.4, 0.5) is 5.69 Å². The third kappa shape index (κ3) is 5.18. The van der Waals surface area contributed by atoms with Gasteiger partial charge in [0.2, 0.25) is 0 Å². The van der Waals surface area contributed by atoms with Crippen molar-refractivity contribution in [3.8, 4) is 17.6 Å². The van der Waals surface area contributed by atoms with Crippen LogP contribution in [0.2, 0.25) is 0 Å². The van der Waals surface area contributed by atoms with Gasteiger partial charge in [0.1, 0.15) is 0 Å². The third-order valence-corrected chi connectivity index (χ3v) is 4.99. The number of methoxy groups -OCH3 is 2. The number of carbonyl (C=O) groups excluding carboxylic acids is 1. The van der Waals surface area contributed by atoms with Crippen molar-refractivity contribution >= 4 is 11.6 Å². The SMILES string of the molecule is COc1ccc(CNC(=O)c2cc(C#N)ccc2NC2CCNCC2)cc1OC. The minimum absolute atomic E-state index is 0.228. The Hall–Kier alpha value is -3.24. The molecule has 152 valence electrons. The van der Waals surface area contributed by atoms with E-state index < -0.39 is 0 Å². The van der Waals surface area contributed by atoms with Gasteiger partial charge in [0.25, 0.3) is 5.91 Å². The molecule has 0 saturated carbocycles. The lowest BCUT2D eigenvalue weighted by molar-refractivity contribution is 0.0951. The summed E-state index contributed by atoms with van der Waals surface area (Å²) >= 11 is 0. The molecule has 1 fully saturated rings. The van der Waals surface area contributed by atoms with Gasteiger partial charge >= 0.3 is 0 Å². The number of amides is 1. The molecule has 1 amide bonds. The van der Waals surface area contributed by atoms with Gasteiger partial charge in [-0.3, -0.25) is 4.79 Å². The van der Waals surface area contributed by atoms with E-state index in [0.29, 0.717) is 35.2 Å². The van der Waals surface area contributed by atoms with Crippen molar-refractivity contribution < 1.29 is 14.3 Å². The lowest BCUT2D eigenvalue weighted by Crippen LogP contribution is -2.36. The van der Waals surface area contributed by atoms with Gasteiger partial charge in [-0.2, -0.15) is 5.26 Å². The van der Waals surface area contributed by atoms with Gasteiger partial charge < -0.3 is 25.4 Å². The van der Waals surface area contributed by atoms with Gasteiger partial charge in [0, 0.05) is 18.3 Å². The van der Waals surface area contributed by atoms with Gasteiger partial charge in [-0.05, 0) is 61.8 Å². The maximum atomic E-state index is 12.9. The monoisotopic (exact) mass is 394 g/mol. The maximum Gasteiger partial charge on any atom is 0.253 e. The molecule has 1 saturated heterocycles. The van der Waals surface area contributed by atoms with Crippen LogP contribution in [0.25, 0.3) is 0 Å². The Balaban J connectivity index is 1.74. The van der Waals surface area contributed by atoms with Crippen molar-refractivity contribution in [2.75, 3.05) is 32.6 Å². The number of rotatable bonds is 7. The predicted octanol–water partition coefficient (Wildman–Crippen LogP) is 2.67. The Morgan fingerprint density at radius 3 is 2.59 bits per heavy atom. The average molecular weight is 394 g/mol. The van der Waals surface area contributed by atoms with Crippen LogP contribution in [0.1, 0.15) is 34.3 Å². The van der Waals surface area contributed by atoms with Crippen LogP contribution >= 0.6 is 0 Å². The first kappa shape index (κ1) is 20.5. The van der Waals surface area contributed by atoms with Crippen LogP contribution in [-0.4, -0.2) is 39.3 Å². The Morgan fingerprint density at radius 2 is 1.90 bits per heavy atom. The molecule has 0 aliphatic carbocycles. The summed E-state index contributed by atoms with van der Waals surface area (Å²) < 4.78 is 10.6. The van der Waals surface area contributed by atoms with E-state index in [1.54, 1.807) is 32.4 Å². The van der Waals surface area contributed by atoms with Crippen molar-refractivity contribution in [3.05, 3.63) is 53.1 Å². The lowest BCUT2D eigenvalue weighted by Gasteiger charge is -2.25. The average Bonchev–Trinajstić information content (AvgIpc) is 2.78. The fraction of sp³-hybridized carbons (Fsp3) is 0.364. The Labute approximate surface area is 171 Å². The van der Waals surface area contributed by atoms with E-state index >= 15 is 0 Å². The van der Waals surface area contributed by atoms with E-state index in [-0.39, 0.29) is 5.91 Å². The minimum Gasteiger partial charge on any atom is -0.493 e. The second-order valence-corrected chi connectivity index (χ2v) is 6.91. The highest BCUT2D eigenvalue weighted by molar-refractivity contribution is 6.00. The second-order valence-electron chi connectivity index (χ2n) is 6.91. The van der Waals surface area contributed by atoms with E-state index in [9.17, 15) is 10.1 Å². The largest absolute Gasteiger partial charge is 0.493 e. The first-order valence-corrected chi connectivity index (χ1v) is 9.65. The number of nitrogens with zero attached hydrogens (tertiary/aromatic N) is 1. The highest BCUT2D eigenvalue weighted by Gasteiger charge is 2.18. The van der Waals surface area contributed by atoms with Gasteiger partial charge in [-0.15, -0.1) is 0 Å². The van der Waals surface area contributed by atoms with Gasteiger partial charge in [0.05, 0.1) is 31.4 Å². The third-order valence-electron chi connectivity index (χ3n) is 4.99. The molecule has 0 bridgehead atoms. The van der Waals surface area contributed by atoms with Crippen LogP contribution < -0.4 is 25.4 Å². The molecule has 7 nitrogen and oxygen atoms in total. The zero-order chi connectivity index (χ0) is 20.6. The Kier molecular flexibility index (Phi) is 6.93. The van der Waals surface area contributed by atoms with Crippen LogP contribution in [0.3, 0.4) is 0 Å². The molecule has 2 aromatic rings. The smallest absolute Gasteiger partial charge is 0.253 e. The number of hydrogen-bond acceptors (Lipinski definition) is 6. The number of hydrogen-bond donors (Lipinski definition) is 3. The van der Waals surface area contributed by atoms with Crippen molar-refractivity contribution in [1.82, 2.24) is 10.6 Å². The normalized spacial score (nSPS) is 14.0. The summed E-state index contributed by atoms with van der Waals surface area (Å²) in [6.07, 6.45) is 1.99. The highest BCUT2D eigenvalue weighted by atomic mass is 16.5. The Morgan fingerprint density at radius 1 is 1.14 bits per heavy atom. The van der Waals surface area contributed by atoms with Crippen LogP contribution in [0.15, 0.2) is 36.4 Å². The quantitative estimate of drug-likeness (QED) is 0.668. The molecule has 0 aromatic heterocycles. The van der Waals surface area contributed by atoms with Crippen LogP contribution in [0, 0.1) is 11.3 Å². The summed E-state index contributed by atoms with van der Waals surface area (Å²) in [6.45, 7) is 2.24. The number of benzene rings is 2. The topological polar surface area (TPSA) is 95.4 Å². The molecule has 1 aliphatic rings. The fourth-order valence-electron chi connectivity index (χ4n) is 3.38. The molecule has 0 atom stereocenters. The van der Waals surface area contributed by atoms with Crippen molar-refractivity contribution in [2.24, 2.45) is 0 Å². The molecular formula is C22H26N4O3. The summed E-state index contributed by atoms with van der Waals surface area (Å²) in [5, 5.41) is 19.0. The number of anilines is 1. The summed E-state index contributed by atoms with van der Waals surface area (Å²) in [5.41, 5.74) is 2.57. The summed E-state index contributed by atoms with van der Waals surface area (Å²) in [4.78, 5) is 12.9. The van der Waals surface area contributed by atoms with E-state index in [1.807, 2.05) is 18.2 Å². The fourth-order valence-corrected chi connectivity index (χ4v) is 3.38. The van der Waals surface area contributed by atoms with E-state index in [4.69, 9.17) is 9.47 Å². The standard InChI is InChI=1S/C22H26N4O3/c1-28-20-6-4-16(12-21(20)29-2)14-25-22(27)18-11-15(13-23)3-5-19(18)26-17-7-9-24-10-8-17/h3-6,11-12,17,24,26H,7-10,14H2,1-2H3,(H,25,27). The van der Waals surface area contributed by atoms with Gasteiger partial charge in [-0.25, -0.2) is 0 Å². The molecule has 0 spiro atoms. The van der Waals surface area contributed by atoms with Crippen molar-refractivity contribution in [2.45, 2.75) is 25.4 Å². The molecule has 0 radical (unpaired) electrons. The molecular weight excluding hydrogens is 368 g/mol. The molecule has 1 aliphatic heterocycles. The van der Waals surface area contributed by atoms with Gasteiger partial charge in [0.15, 0.2) is 11.5 Å². The molecule has 29 heavy (non-hydrogen) atoms. The number of carbonyl (C=O) groups is 1. The number of ether oxygens (including phenoxy) is 2. The minimum atomic E-state index is -0.228. The van der Waals surface area contributed by atoms with Crippen LogP contribution in [-0.2, 0) is 6.54 Å². The maximum absolute atomic E-state index is 12.9. The zero-order valence-electron chi connectivity index (χ0n) is 16.7. The van der Waals surface area contributed by atoms with Crippen molar-refractivity contribution in [3.63, 3.8) is 0 Å². The molecule has 2 aromatic carbocycles. The summed E-state index contributed by atoms with van der Waals surface area (Å²) in [5.74, 6) is 1.02. The first-order valence-electron chi connectivity index (χ1n) is 9.65. The highest BCUT2D eigenvalue weighted by Crippen LogP contribution is 2.27. The lowest BCUT2D eigenvalue weighted by atomic mass is 10.0. The number of piperidine rings is 1. The van der Waals surface area contributed by atoms with Gasteiger partial charge in [-0.1, -0.05) is 6.07 Å². The molecule has 1 heterocycles. The first-order chi connectivity index (χ1) is 14.1. The second kappa shape index (κ2) is 9.80. The number of nitriles is 1. The van der Waals surface area contributed by atoms with Crippen LogP contribution in [0.5, 0.6) is 11.5 Å². The molecule has 0 unspecified atom stereocenters. The van der Waals surface area contributed by atoms with Crippen molar-refractivity contribution in [1.29, 1.82) is 5.26 Å².